The molecule has 1 aliphatic rings. The number of rotatable bonds is 6. The summed E-state index contributed by atoms with van der Waals surface area (Å²) >= 11 is 0. The molecule has 4 rings (SSSR count). The molecule has 0 unspecified atom stereocenters. The van der Waals surface area contributed by atoms with Gasteiger partial charge in [0.25, 0.3) is 5.91 Å². The van der Waals surface area contributed by atoms with E-state index in [0.29, 0.717) is 49.1 Å². The summed E-state index contributed by atoms with van der Waals surface area (Å²) in [7, 11) is 0. The highest BCUT2D eigenvalue weighted by Crippen LogP contribution is 2.29. The summed E-state index contributed by atoms with van der Waals surface area (Å²) in [4.78, 5) is 29.0. The quantitative estimate of drug-likeness (QED) is 0.634. The van der Waals surface area contributed by atoms with Crippen LogP contribution in [-0.4, -0.2) is 54.3 Å². The van der Waals surface area contributed by atoms with Crippen molar-refractivity contribution in [2.45, 2.75) is 13.8 Å². The number of hydrogen-bond donors (Lipinski definition) is 1. The van der Waals surface area contributed by atoms with Gasteiger partial charge in [0.1, 0.15) is 11.5 Å². The van der Waals surface area contributed by atoms with Gasteiger partial charge in [-0.3, -0.25) is 14.5 Å². The molecule has 3 aromatic rings. The van der Waals surface area contributed by atoms with E-state index in [9.17, 15) is 9.59 Å². The Hall–Kier alpha value is -3.58. The molecule has 166 valence electrons. The highest BCUT2D eigenvalue weighted by Gasteiger charge is 2.25. The molecule has 2 heterocycles. The highest BCUT2D eigenvalue weighted by atomic mass is 16.5. The summed E-state index contributed by atoms with van der Waals surface area (Å²) < 4.78 is 11.4. The zero-order valence-electron chi connectivity index (χ0n) is 18.3. The zero-order chi connectivity index (χ0) is 22.5. The summed E-state index contributed by atoms with van der Waals surface area (Å²) in [5.41, 5.74) is 1.78. The molecular weight excluding hydrogens is 406 g/mol. The Labute approximate surface area is 187 Å². The molecule has 1 aliphatic heterocycles. The van der Waals surface area contributed by atoms with Crippen LogP contribution < -0.4 is 10.1 Å². The Morgan fingerprint density at radius 2 is 1.66 bits per heavy atom. The Balaban J connectivity index is 1.30. The molecule has 32 heavy (non-hydrogen) atoms. The van der Waals surface area contributed by atoms with Gasteiger partial charge < -0.3 is 19.4 Å². The van der Waals surface area contributed by atoms with E-state index in [2.05, 4.69) is 5.32 Å². The molecule has 0 atom stereocenters. The number of nitrogens with zero attached hydrogens (tertiary/aromatic N) is 2. The van der Waals surface area contributed by atoms with Crippen molar-refractivity contribution in [3.05, 3.63) is 77.7 Å². The second-order valence-corrected chi connectivity index (χ2v) is 7.94. The van der Waals surface area contributed by atoms with Gasteiger partial charge in [0, 0.05) is 26.2 Å². The Bertz CT molecular complexity index is 1080. The third kappa shape index (κ3) is 5.36. The van der Waals surface area contributed by atoms with Crippen LogP contribution in [0.3, 0.4) is 0 Å². The molecule has 1 saturated heterocycles. The van der Waals surface area contributed by atoms with E-state index < -0.39 is 0 Å². The number of ether oxygens (including phenoxy) is 1. The second kappa shape index (κ2) is 9.70. The number of carbonyl (C=O) groups excluding carboxylic acids is 2. The van der Waals surface area contributed by atoms with Gasteiger partial charge in [-0.15, -0.1) is 0 Å². The van der Waals surface area contributed by atoms with Crippen LogP contribution in [0, 0.1) is 13.8 Å². The first-order valence-electron chi connectivity index (χ1n) is 10.7. The van der Waals surface area contributed by atoms with Crippen molar-refractivity contribution >= 4 is 17.5 Å². The second-order valence-electron chi connectivity index (χ2n) is 7.94. The molecule has 0 bridgehead atoms. The number of benzene rings is 2. The minimum atomic E-state index is -0.119. The number of nitrogens with one attached hydrogen (secondary N) is 1. The average molecular weight is 434 g/mol. The van der Waals surface area contributed by atoms with Crippen molar-refractivity contribution in [2.24, 2.45) is 0 Å². The van der Waals surface area contributed by atoms with E-state index in [1.165, 1.54) is 0 Å². The van der Waals surface area contributed by atoms with Crippen LogP contribution in [-0.2, 0) is 4.79 Å². The van der Waals surface area contributed by atoms with Crippen LogP contribution in [0.4, 0.5) is 5.69 Å². The average Bonchev–Trinajstić information content (AvgIpc) is 3.23. The molecule has 0 radical (unpaired) electrons. The molecule has 0 spiro atoms. The lowest BCUT2D eigenvalue weighted by Crippen LogP contribution is -2.50. The summed E-state index contributed by atoms with van der Waals surface area (Å²) in [6, 6.07) is 18.6. The van der Waals surface area contributed by atoms with E-state index in [4.69, 9.17) is 9.15 Å². The van der Waals surface area contributed by atoms with Gasteiger partial charge in [-0.1, -0.05) is 29.8 Å². The number of amides is 2. The normalized spacial score (nSPS) is 14.2. The number of para-hydroxylation sites is 2. The Morgan fingerprint density at radius 3 is 2.34 bits per heavy atom. The Morgan fingerprint density at radius 1 is 0.938 bits per heavy atom. The van der Waals surface area contributed by atoms with E-state index in [1.807, 2.05) is 67.3 Å². The van der Waals surface area contributed by atoms with Crippen LogP contribution >= 0.6 is 0 Å². The predicted octanol–water partition coefficient (Wildman–Crippen LogP) is 4.09. The predicted molar refractivity (Wildman–Crippen MR) is 122 cm³/mol. The van der Waals surface area contributed by atoms with Crippen molar-refractivity contribution < 1.29 is 18.7 Å². The fourth-order valence-corrected chi connectivity index (χ4v) is 3.60. The minimum absolute atomic E-state index is 0.107. The van der Waals surface area contributed by atoms with Crippen LogP contribution in [0.5, 0.6) is 11.5 Å². The van der Waals surface area contributed by atoms with E-state index >= 15 is 0 Å². The number of aryl methyl sites for hydroxylation is 2. The van der Waals surface area contributed by atoms with Gasteiger partial charge in [0.2, 0.25) is 5.91 Å². The highest BCUT2D eigenvalue weighted by molar-refractivity contribution is 5.94. The van der Waals surface area contributed by atoms with Crippen molar-refractivity contribution in [3.8, 4) is 11.5 Å². The summed E-state index contributed by atoms with van der Waals surface area (Å²) in [6.07, 6.45) is 0. The van der Waals surface area contributed by atoms with Crippen molar-refractivity contribution in [3.63, 3.8) is 0 Å². The molecule has 1 N–H and O–H groups in total. The van der Waals surface area contributed by atoms with Crippen LogP contribution in [0.2, 0.25) is 0 Å². The number of anilines is 1. The molecule has 1 aromatic heterocycles. The zero-order valence-corrected chi connectivity index (χ0v) is 18.3. The van der Waals surface area contributed by atoms with Gasteiger partial charge in [-0.25, -0.2) is 0 Å². The summed E-state index contributed by atoms with van der Waals surface area (Å²) in [5, 5.41) is 2.95. The van der Waals surface area contributed by atoms with Gasteiger partial charge in [0.15, 0.2) is 11.5 Å². The van der Waals surface area contributed by atoms with Gasteiger partial charge >= 0.3 is 0 Å². The number of furan rings is 1. The Kier molecular flexibility index (Phi) is 6.56. The van der Waals surface area contributed by atoms with Crippen molar-refractivity contribution in [1.82, 2.24) is 9.80 Å². The molecule has 1 fully saturated rings. The standard InChI is InChI=1S/C25H27N3O4/c1-18-7-10-20(11-8-18)32-22-6-4-3-5-21(22)26-24(29)17-27-13-15-28(16-14-27)25(30)23-12-9-19(2)31-23/h3-12H,13-17H2,1-2H3,(H,26,29). The maximum absolute atomic E-state index is 12.7. The van der Waals surface area contributed by atoms with E-state index in [1.54, 1.807) is 17.0 Å². The molecule has 7 heteroatoms. The third-order valence-electron chi connectivity index (χ3n) is 5.39. The first-order valence-corrected chi connectivity index (χ1v) is 10.7. The number of hydrogen-bond acceptors (Lipinski definition) is 5. The van der Waals surface area contributed by atoms with Gasteiger partial charge in [-0.2, -0.15) is 0 Å². The minimum Gasteiger partial charge on any atom is -0.456 e. The fraction of sp³-hybridized carbons (Fsp3) is 0.280. The van der Waals surface area contributed by atoms with Crippen molar-refractivity contribution in [2.75, 3.05) is 38.0 Å². The lowest BCUT2D eigenvalue weighted by Gasteiger charge is -2.33. The summed E-state index contributed by atoms with van der Waals surface area (Å²) in [6.45, 7) is 6.45. The maximum atomic E-state index is 12.7. The smallest absolute Gasteiger partial charge is 0.289 e. The third-order valence-corrected chi connectivity index (χ3v) is 5.39. The van der Waals surface area contributed by atoms with Gasteiger partial charge in [0.05, 0.1) is 12.2 Å². The molecule has 2 aromatic carbocycles. The maximum Gasteiger partial charge on any atom is 0.289 e. The van der Waals surface area contributed by atoms with E-state index in [-0.39, 0.29) is 18.4 Å². The lowest BCUT2D eigenvalue weighted by atomic mass is 10.2. The molecule has 0 aliphatic carbocycles. The molecule has 7 nitrogen and oxygen atoms in total. The fourth-order valence-electron chi connectivity index (χ4n) is 3.60. The number of carbonyl (C=O) groups is 2. The molecule has 2 amide bonds. The first-order chi connectivity index (χ1) is 15.5. The number of piperazine rings is 1. The largest absolute Gasteiger partial charge is 0.456 e. The molecular formula is C25H27N3O4. The lowest BCUT2D eigenvalue weighted by molar-refractivity contribution is -0.117. The monoisotopic (exact) mass is 433 g/mol. The van der Waals surface area contributed by atoms with Gasteiger partial charge in [-0.05, 0) is 50.2 Å². The summed E-state index contributed by atoms with van der Waals surface area (Å²) in [5.74, 6) is 2.16. The SMILES string of the molecule is Cc1ccc(Oc2ccccc2NC(=O)CN2CCN(C(=O)c3ccc(C)o3)CC2)cc1. The molecule has 0 saturated carbocycles. The van der Waals surface area contributed by atoms with Crippen molar-refractivity contribution in [1.29, 1.82) is 0 Å². The van der Waals surface area contributed by atoms with E-state index in [0.717, 1.165) is 11.3 Å². The topological polar surface area (TPSA) is 75.0 Å². The van der Waals surface area contributed by atoms with Crippen LogP contribution in [0.15, 0.2) is 65.1 Å². The van der Waals surface area contributed by atoms with Crippen LogP contribution in [0.25, 0.3) is 0 Å². The van der Waals surface area contributed by atoms with Crippen LogP contribution in [0.1, 0.15) is 21.9 Å². The first kappa shape index (κ1) is 21.6.